The Balaban J connectivity index is 1.87. The first-order valence-electron chi connectivity index (χ1n) is 7.98. The van der Waals surface area contributed by atoms with Crippen molar-refractivity contribution in [1.82, 2.24) is 14.5 Å². The molecule has 1 amide bonds. The fourth-order valence-electron chi connectivity index (χ4n) is 3.28. The summed E-state index contributed by atoms with van der Waals surface area (Å²) in [5.74, 6) is 1.53. The number of aryl methyl sites for hydroxylation is 1. The molecule has 2 heterocycles. The molecule has 4 nitrogen and oxygen atoms in total. The molecule has 2 aromatic rings. The Morgan fingerprint density at radius 1 is 1.35 bits per heavy atom. The highest BCUT2D eigenvalue weighted by Gasteiger charge is 2.27. The summed E-state index contributed by atoms with van der Waals surface area (Å²) in [6.07, 6.45) is 0.851. The van der Waals surface area contributed by atoms with Gasteiger partial charge in [0.05, 0.1) is 12.2 Å². The van der Waals surface area contributed by atoms with Crippen molar-refractivity contribution in [2.45, 2.75) is 39.7 Å². The maximum absolute atomic E-state index is 12.8. The SMILES string of the molecule is Cc1cc(Cl)ccc1C(=O)N1CCc2c(nc(C(C)C)n2C)C1. The number of carbonyl (C=O) groups excluding carboxylic acids is 1. The van der Waals surface area contributed by atoms with Crippen molar-refractivity contribution in [1.29, 1.82) is 0 Å². The van der Waals surface area contributed by atoms with E-state index in [0.29, 0.717) is 17.5 Å². The lowest BCUT2D eigenvalue weighted by molar-refractivity contribution is 0.0730. The van der Waals surface area contributed by atoms with Crippen LogP contribution in [0.1, 0.15) is 52.9 Å². The van der Waals surface area contributed by atoms with E-state index >= 15 is 0 Å². The minimum absolute atomic E-state index is 0.0570. The summed E-state index contributed by atoms with van der Waals surface area (Å²) in [6.45, 7) is 7.52. The molecule has 0 saturated carbocycles. The van der Waals surface area contributed by atoms with E-state index in [1.165, 1.54) is 5.69 Å². The highest BCUT2D eigenvalue weighted by atomic mass is 35.5. The van der Waals surface area contributed by atoms with Crippen LogP contribution >= 0.6 is 11.6 Å². The first-order chi connectivity index (χ1) is 10.9. The quantitative estimate of drug-likeness (QED) is 0.841. The molecular formula is C18H22ClN3O. The largest absolute Gasteiger partial charge is 0.334 e. The van der Waals surface area contributed by atoms with E-state index in [2.05, 4.69) is 25.5 Å². The average Bonchev–Trinajstić information content (AvgIpc) is 2.83. The minimum atomic E-state index is 0.0570. The van der Waals surface area contributed by atoms with Crippen LogP contribution in [0.2, 0.25) is 5.02 Å². The van der Waals surface area contributed by atoms with Crippen LogP contribution in [0.5, 0.6) is 0 Å². The zero-order valence-electron chi connectivity index (χ0n) is 14.1. The fourth-order valence-corrected chi connectivity index (χ4v) is 3.50. The molecule has 1 aliphatic rings. The molecule has 0 unspecified atom stereocenters. The lowest BCUT2D eigenvalue weighted by Gasteiger charge is -2.27. The van der Waals surface area contributed by atoms with Gasteiger partial charge in [0.15, 0.2) is 0 Å². The molecule has 0 N–H and O–H groups in total. The molecule has 0 aliphatic carbocycles. The zero-order valence-corrected chi connectivity index (χ0v) is 14.8. The second-order valence-corrected chi connectivity index (χ2v) is 6.95. The van der Waals surface area contributed by atoms with Crippen LogP contribution in [0.25, 0.3) is 0 Å². The summed E-state index contributed by atoms with van der Waals surface area (Å²) < 4.78 is 2.19. The molecule has 0 spiro atoms. The molecule has 122 valence electrons. The average molecular weight is 332 g/mol. The van der Waals surface area contributed by atoms with Crippen LogP contribution in [0.4, 0.5) is 0 Å². The van der Waals surface area contributed by atoms with Gasteiger partial charge in [0.1, 0.15) is 5.82 Å². The summed E-state index contributed by atoms with van der Waals surface area (Å²) in [5.41, 5.74) is 3.92. The number of benzene rings is 1. The second-order valence-electron chi connectivity index (χ2n) is 6.51. The fraction of sp³-hybridized carbons (Fsp3) is 0.444. The lowest BCUT2D eigenvalue weighted by Crippen LogP contribution is -2.36. The zero-order chi connectivity index (χ0) is 16.7. The van der Waals surface area contributed by atoms with E-state index in [0.717, 1.165) is 35.6 Å². The number of fused-ring (bicyclic) bond motifs is 1. The van der Waals surface area contributed by atoms with Crippen LogP contribution in [-0.4, -0.2) is 26.9 Å². The van der Waals surface area contributed by atoms with Crippen LogP contribution in [0, 0.1) is 6.92 Å². The van der Waals surface area contributed by atoms with Crippen molar-refractivity contribution >= 4 is 17.5 Å². The summed E-state index contributed by atoms with van der Waals surface area (Å²) in [5, 5.41) is 0.659. The Kier molecular flexibility index (Phi) is 4.19. The molecule has 0 saturated heterocycles. The molecule has 0 radical (unpaired) electrons. The van der Waals surface area contributed by atoms with Gasteiger partial charge in [-0.3, -0.25) is 4.79 Å². The smallest absolute Gasteiger partial charge is 0.254 e. The van der Waals surface area contributed by atoms with Gasteiger partial charge >= 0.3 is 0 Å². The monoisotopic (exact) mass is 331 g/mol. The summed E-state index contributed by atoms with van der Waals surface area (Å²) in [7, 11) is 2.07. The van der Waals surface area contributed by atoms with Crippen LogP contribution in [0.3, 0.4) is 0 Å². The van der Waals surface area contributed by atoms with Crippen LogP contribution in [0.15, 0.2) is 18.2 Å². The van der Waals surface area contributed by atoms with E-state index in [-0.39, 0.29) is 5.91 Å². The van der Waals surface area contributed by atoms with Crippen molar-refractivity contribution in [3.8, 4) is 0 Å². The predicted molar refractivity (Wildman–Crippen MR) is 91.9 cm³/mol. The topological polar surface area (TPSA) is 38.1 Å². The van der Waals surface area contributed by atoms with Crippen molar-refractivity contribution in [3.05, 3.63) is 51.6 Å². The van der Waals surface area contributed by atoms with E-state index in [1.807, 2.05) is 24.0 Å². The molecule has 5 heteroatoms. The maximum atomic E-state index is 12.8. The Hall–Kier alpha value is -1.81. The van der Waals surface area contributed by atoms with Crippen molar-refractivity contribution in [2.24, 2.45) is 7.05 Å². The van der Waals surface area contributed by atoms with Gasteiger partial charge < -0.3 is 9.47 Å². The number of amides is 1. The van der Waals surface area contributed by atoms with Gasteiger partial charge in [-0.05, 0) is 30.7 Å². The van der Waals surface area contributed by atoms with E-state index < -0.39 is 0 Å². The summed E-state index contributed by atoms with van der Waals surface area (Å²) in [6, 6.07) is 5.42. The van der Waals surface area contributed by atoms with Crippen molar-refractivity contribution < 1.29 is 4.79 Å². The number of halogens is 1. The Morgan fingerprint density at radius 3 is 2.74 bits per heavy atom. The number of hydrogen-bond acceptors (Lipinski definition) is 2. The number of hydrogen-bond donors (Lipinski definition) is 0. The first kappa shape index (κ1) is 16.1. The third-order valence-corrected chi connectivity index (χ3v) is 4.75. The Bertz CT molecular complexity index is 764. The van der Waals surface area contributed by atoms with Gasteiger partial charge in [0.2, 0.25) is 0 Å². The molecule has 1 aromatic carbocycles. The number of aromatic nitrogens is 2. The molecule has 23 heavy (non-hydrogen) atoms. The van der Waals surface area contributed by atoms with Gasteiger partial charge in [-0.25, -0.2) is 4.98 Å². The number of rotatable bonds is 2. The number of imidazole rings is 1. The standard InChI is InChI=1S/C18H22ClN3O/c1-11(2)17-20-15-10-22(8-7-16(15)21(17)4)18(23)14-6-5-13(19)9-12(14)3/h5-6,9,11H,7-8,10H2,1-4H3. The third-order valence-electron chi connectivity index (χ3n) is 4.51. The highest BCUT2D eigenvalue weighted by Crippen LogP contribution is 2.25. The molecular weight excluding hydrogens is 310 g/mol. The Morgan fingerprint density at radius 2 is 2.09 bits per heavy atom. The van der Waals surface area contributed by atoms with E-state index in [9.17, 15) is 4.79 Å². The van der Waals surface area contributed by atoms with Gasteiger partial charge in [-0.2, -0.15) is 0 Å². The molecule has 0 atom stereocenters. The normalized spacial score (nSPS) is 14.3. The minimum Gasteiger partial charge on any atom is -0.334 e. The summed E-state index contributed by atoms with van der Waals surface area (Å²) >= 11 is 5.99. The summed E-state index contributed by atoms with van der Waals surface area (Å²) in [4.78, 5) is 19.5. The molecule has 0 fully saturated rings. The van der Waals surface area contributed by atoms with Crippen molar-refractivity contribution in [3.63, 3.8) is 0 Å². The predicted octanol–water partition coefficient (Wildman–Crippen LogP) is 3.70. The van der Waals surface area contributed by atoms with Gasteiger partial charge in [0.25, 0.3) is 5.91 Å². The van der Waals surface area contributed by atoms with E-state index in [4.69, 9.17) is 16.6 Å². The van der Waals surface area contributed by atoms with Crippen LogP contribution < -0.4 is 0 Å². The third kappa shape index (κ3) is 2.88. The van der Waals surface area contributed by atoms with E-state index in [1.54, 1.807) is 6.07 Å². The number of nitrogens with zero attached hydrogens (tertiary/aromatic N) is 3. The molecule has 1 aromatic heterocycles. The first-order valence-corrected chi connectivity index (χ1v) is 8.36. The van der Waals surface area contributed by atoms with Gasteiger partial charge in [-0.1, -0.05) is 25.4 Å². The maximum Gasteiger partial charge on any atom is 0.254 e. The van der Waals surface area contributed by atoms with Gasteiger partial charge in [0, 0.05) is 42.2 Å². The Labute approximate surface area is 142 Å². The highest BCUT2D eigenvalue weighted by molar-refractivity contribution is 6.30. The molecule has 1 aliphatic heterocycles. The second kappa shape index (κ2) is 6.00. The van der Waals surface area contributed by atoms with Crippen molar-refractivity contribution in [2.75, 3.05) is 6.54 Å². The lowest BCUT2D eigenvalue weighted by atomic mass is 10.1. The molecule has 0 bridgehead atoms. The van der Waals surface area contributed by atoms with Crippen LogP contribution in [-0.2, 0) is 20.0 Å². The van der Waals surface area contributed by atoms with Gasteiger partial charge in [-0.15, -0.1) is 0 Å². The molecule has 3 rings (SSSR count). The number of carbonyl (C=O) groups is 1.